The summed E-state index contributed by atoms with van der Waals surface area (Å²) in [6.07, 6.45) is 0. The highest BCUT2D eigenvalue weighted by Crippen LogP contribution is 2.13. The summed E-state index contributed by atoms with van der Waals surface area (Å²) >= 11 is 0. The minimum absolute atomic E-state index is 0. The number of hydrogen-bond acceptors (Lipinski definition) is 5. The van der Waals surface area contributed by atoms with E-state index in [1.165, 1.54) is 0 Å². The summed E-state index contributed by atoms with van der Waals surface area (Å²) in [5.74, 6) is 2.68. The van der Waals surface area contributed by atoms with Gasteiger partial charge in [-0.1, -0.05) is 17.3 Å². The number of aliphatic imine (C=N–C) groups is 1. The van der Waals surface area contributed by atoms with Gasteiger partial charge in [-0.15, -0.1) is 24.0 Å². The molecule has 0 saturated carbocycles. The highest BCUT2D eigenvalue weighted by atomic mass is 127. The van der Waals surface area contributed by atoms with Crippen LogP contribution in [-0.4, -0.2) is 29.8 Å². The molecule has 0 aliphatic carbocycles. The summed E-state index contributed by atoms with van der Waals surface area (Å²) < 4.78 is 10.1. The highest BCUT2D eigenvalue weighted by Gasteiger charge is 2.04. The van der Waals surface area contributed by atoms with Gasteiger partial charge in [-0.3, -0.25) is 0 Å². The lowest BCUT2D eigenvalue weighted by atomic mass is 10.2. The molecule has 0 fully saturated rings. The lowest BCUT2D eigenvalue weighted by molar-refractivity contribution is 0.387. The van der Waals surface area contributed by atoms with Crippen molar-refractivity contribution in [2.45, 2.75) is 26.9 Å². The van der Waals surface area contributed by atoms with Crippen LogP contribution in [0.5, 0.6) is 5.75 Å². The molecular formula is C15H22IN5O2. The van der Waals surface area contributed by atoms with E-state index in [0.717, 1.165) is 17.9 Å². The fraction of sp³-hybridized carbons (Fsp3) is 0.400. The van der Waals surface area contributed by atoms with E-state index in [4.69, 9.17) is 9.26 Å². The summed E-state index contributed by atoms with van der Waals surface area (Å²) in [7, 11) is 1.65. The Kier molecular flexibility index (Phi) is 8.38. The fourth-order valence-electron chi connectivity index (χ4n) is 1.86. The molecule has 0 aliphatic heterocycles. The average Bonchev–Trinajstić information content (AvgIpc) is 2.96. The van der Waals surface area contributed by atoms with Gasteiger partial charge in [0.15, 0.2) is 11.8 Å². The predicted octanol–water partition coefficient (Wildman–Crippen LogP) is 2.26. The largest absolute Gasteiger partial charge is 0.497 e. The predicted molar refractivity (Wildman–Crippen MR) is 99.1 cm³/mol. The molecule has 23 heavy (non-hydrogen) atoms. The van der Waals surface area contributed by atoms with Crippen LogP contribution in [0.25, 0.3) is 0 Å². The van der Waals surface area contributed by atoms with Crippen molar-refractivity contribution in [3.05, 3.63) is 41.5 Å². The molecule has 0 radical (unpaired) electrons. The number of rotatable bonds is 6. The summed E-state index contributed by atoms with van der Waals surface area (Å²) in [6.45, 7) is 5.56. The molecule has 0 bridgehead atoms. The van der Waals surface area contributed by atoms with Crippen molar-refractivity contribution in [1.82, 2.24) is 20.8 Å². The summed E-state index contributed by atoms with van der Waals surface area (Å²) in [6, 6.07) is 7.84. The number of guanidine groups is 1. The molecule has 0 amide bonds. The molecular weight excluding hydrogens is 409 g/mol. The SMILES string of the molecule is CCNC(=NCc1cccc(OC)c1)NCc1noc(C)n1.I. The first-order valence-electron chi connectivity index (χ1n) is 7.15. The molecule has 126 valence electrons. The number of aryl methyl sites for hydroxylation is 1. The molecule has 2 rings (SSSR count). The van der Waals surface area contributed by atoms with E-state index in [1.807, 2.05) is 31.2 Å². The molecule has 1 aromatic carbocycles. The molecule has 1 heterocycles. The molecule has 0 aliphatic rings. The second-order valence-electron chi connectivity index (χ2n) is 4.63. The van der Waals surface area contributed by atoms with E-state index in [0.29, 0.717) is 30.8 Å². The third-order valence-electron chi connectivity index (χ3n) is 2.88. The first-order chi connectivity index (χ1) is 10.7. The normalized spacial score (nSPS) is 10.8. The summed E-state index contributed by atoms with van der Waals surface area (Å²) in [5, 5.41) is 10.2. The summed E-state index contributed by atoms with van der Waals surface area (Å²) in [5.41, 5.74) is 1.08. The number of hydrogen-bond donors (Lipinski definition) is 2. The van der Waals surface area contributed by atoms with Crippen LogP contribution >= 0.6 is 24.0 Å². The highest BCUT2D eigenvalue weighted by molar-refractivity contribution is 14.0. The zero-order valence-electron chi connectivity index (χ0n) is 13.5. The van der Waals surface area contributed by atoms with Gasteiger partial charge in [0.2, 0.25) is 5.89 Å². The van der Waals surface area contributed by atoms with Gasteiger partial charge in [0.25, 0.3) is 0 Å². The van der Waals surface area contributed by atoms with E-state index in [1.54, 1.807) is 14.0 Å². The summed E-state index contributed by atoms with van der Waals surface area (Å²) in [4.78, 5) is 8.68. The maximum Gasteiger partial charge on any atom is 0.223 e. The number of methoxy groups -OCH3 is 1. The Morgan fingerprint density at radius 2 is 2.17 bits per heavy atom. The quantitative estimate of drug-likeness (QED) is 0.415. The van der Waals surface area contributed by atoms with Crippen LogP contribution in [0.2, 0.25) is 0 Å². The second-order valence-corrected chi connectivity index (χ2v) is 4.63. The van der Waals surface area contributed by atoms with Gasteiger partial charge < -0.3 is 19.9 Å². The molecule has 1 aromatic heterocycles. The molecule has 0 saturated heterocycles. The van der Waals surface area contributed by atoms with Crippen molar-refractivity contribution in [2.24, 2.45) is 4.99 Å². The maximum atomic E-state index is 5.21. The molecule has 7 nitrogen and oxygen atoms in total. The molecule has 2 aromatic rings. The van der Waals surface area contributed by atoms with Crippen molar-refractivity contribution < 1.29 is 9.26 Å². The van der Waals surface area contributed by atoms with Crippen LogP contribution in [0, 0.1) is 6.92 Å². The number of nitrogens with one attached hydrogen (secondary N) is 2. The monoisotopic (exact) mass is 431 g/mol. The van der Waals surface area contributed by atoms with Crippen molar-refractivity contribution in [2.75, 3.05) is 13.7 Å². The van der Waals surface area contributed by atoms with E-state index >= 15 is 0 Å². The van der Waals surface area contributed by atoms with Gasteiger partial charge in [-0.05, 0) is 24.6 Å². The van der Waals surface area contributed by atoms with Gasteiger partial charge in [-0.2, -0.15) is 4.98 Å². The molecule has 0 atom stereocenters. The smallest absolute Gasteiger partial charge is 0.223 e. The third kappa shape index (κ3) is 6.43. The second kappa shape index (κ2) is 10.0. The van der Waals surface area contributed by atoms with Gasteiger partial charge in [0.1, 0.15) is 5.75 Å². The molecule has 2 N–H and O–H groups in total. The number of nitrogens with zero attached hydrogens (tertiary/aromatic N) is 3. The van der Waals surface area contributed by atoms with Gasteiger partial charge >= 0.3 is 0 Å². The standard InChI is InChI=1S/C15H21N5O2.HI/c1-4-16-15(18-10-14-19-11(2)22-20-14)17-9-12-6-5-7-13(8-12)21-3;/h5-8H,4,9-10H2,1-3H3,(H2,16,17,18);1H. The maximum absolute atomic E-state index is 5.21. The van der Waals surface area contributed by atoms with Crippen LogP contribution in [-0.2, 0) is 13.1 Å². The Bertz CT molecular complexity index is 630. The Morgan fingerprint density at radius 3 is 2.83 bits per heavy atom. The van der Waals surface area contributed by atoms with E-state index in [2.05, 4.69) is 25.8 Å². The zero-order chi connectivity index (χ0) is 15.8. The molecule has 0 spiro atoms. The van der Waals surface area contributed by atoms with Crippen molar-refractivity contribution in [3.8, 4) is 5.75 Å². The van der Waals surface area contributed by atoms with Crippen LogP contribution in [0.1, 0.15) is 24.2 Å². The minimum Gasteiger partial charge on any atom is -0.497 e. The Hall–Kier alpha value is -1.84. The van der Waals surface area contributed by atoms with Gasteiger partial charge in [-0.25, -0.2) is 4.99 Å². The Labute approximate surface area is 152 Å². The number of benzene rings is 1. The molecule has 8 heteroatoms. The van der Waals surface area contributed by atoms with Crippen molar-refractivity contribution >= 4 is 29.9 Å². The van der Waals surface area contributed by atoms with Crippen molar-refractivity contribution in [1.29, 1.82) is 0 Å². The van der Waals surface area contributed by atoms with E-state index in [9.17, 15) is 0 Å². The van der Waals surface area contributed by atoms with E-state index in [-0.39, 0.29) is 24.0 Å². The van der Waals surface area contributed by atoms with Crippen LogP contribution < -0.4 is 15.4 Å². The van der Waals surface area contributed by atoms with Crippen LogP contribution in [0.3, 0.4) is 0 Å². The minimum atomic E-state index is 0. The van der Waals surface area contributed by atoms with Gasteiger partial charge in [0, 0.05) is 13.5 Å². The Morgan fingerprint density at radius 1 is 1.35 bits per heavy atom. The first-order valence-corrected chi connectivity index (χ1v) is 7.15. The zero-order valence-corrected chi connectivity index (χ0v) is 15.8. The van der Waals surface area contributed by atoms with E-state index < -0.39 is 0 Å². The molecule has 0 unspecified atom stereocenters. The lowest BCUT2D eigenvalue weighted by Crippen LogP contribution is -2.37. The first kappa shape index (κ1) is 19.2. The Balaban J connectivity index is 0.00000264. The lowest BCUT2D eigenvalue weighted by Gasteiger charge is -2.09. The number of ether oxygens (including phenoxy) is 1. The van der Waals surface area contributed by atoms with Crippen LogP contribution in [0.15, 0.2) is 33.8 Å². The topological polar surface area (TPSA) is 84.6 Å². The average molecular weight is 431 g/mol. The number of aromatic nitrogens is 2. The number of halogens is 1. The van der Waals surface area contributed by atoms with Crippen molar-refractivity contribution in [3.63, 3.8) is 0 Å². The fourth-order valence-corrected chi connectivity index (χ4v) is 1.86. The van der Waals surface area contributed by atoms with Gasteiger partial charge in [0.05, 0.1) is 20.2 Å². The van der Waals surface area contributed by atoms with Crippen LogP contribution in [0.4, 0.5) is 0 Å². The third-order valence-corrected chi connectivity index (χ3v) is 2.88.